The molecule has 2 N–H and O–H groups in total. The van der Waals surface area contributed by atoms with Crippen LogP contribution in [0.15, 0.2) is 85.2 Å². The fourth-order valence-corrected chi connectivity index (χ4v) is 7.69. The molecule has 3 aliphatic heterocycles. The second kappa shape index (κ2) is 13.4. The standard InChI is InChI=1S/C37H35F3N8O3/c38-25-6-2-23(3-7-25)33-30-16-26(8-11-31(30)44-45-33)43-35(50)37(22-51-36(39)40)12-15-46(21-37)20-32(49)48-19-28-17-29(48)18-47(28)27-9-4-24(5-10-27)34-41-13-1-14-42-34/h1-11,13-14,16,28-29,36H,12,15,17-22H2,(H,43,50)(H,44,45)/t28-,29-,37?/m1/s1. The first-order valence-electron chi connectivity index (χ1n) is 16.9. The maximum absolute atomic E-state index is 13.8. The summed E-state index contributed by atoms with van der Waals surface area (Å²) in [7, 11) is 0. The van der Waals surface area contributed by atoms with Crippen molar-refractivity contribution >= 4 is 34.1 Å². The molecule has 14 heteroatoms. The van der Waals surface area contributed by atoms with Crippen molar-refractivity contribution in [2.24, 2.45) is 5.41 Å². The quantitative estimate of drug-likeness (QED) is 0.205. The highest BCUT2D eigenvalue weighted by molar-refractivity contribution is 6.00. The summed E-state index contributed by atoms with van der Waals surface area (Å²) >= 11 is 0. The number of carbonyl (C=O) groups is 2. The predicted molar refractivity (Wildman–Crippen MR) is 184 cm³/mol. The second-order valence-corrected chi connectivity index (χ2v) is 13.5. The second-order valence-electron chi connectivity index (χ2n) is 13.5. The first-order valence-corrected chi connectivity index (χ1v) is 16.9. The number of carbonyl (C=O) groups excluding carboxylic acids is 2. The molecule has 3 fully saturated rings. The molecule has 2 aromatic heterocycles. The van der Waals surface area contributed by atoms with E-state index in [1.165, 1.54) is 12.1 Å². The number of fused-ring (bicyclic) bond motifs is 3. The van der Waals surface area contributed by atoms with Gasteiger partial charge >= 0.3 is 6.61 Å². The van der Waals surface area contributed by atoms with E-state index in [1.807, 2.05) is 21.9 Å². The monoisotopic (exact) mass is 696 g/mol. The third-order valence-electron chi connectivity index (χ3n) is 10.3. The minimum absolute atomic E-state index is 0.0385. The van der Waals surface area contributed by atoms with E-state index in [0.717, 1.165) is 24.2 Å². The molecular weight excluding hydrogens is 661 g/mol. The highest BCUT2D eigenvalue weighted by Crippen LogP contribution is 2.37. The van der Waals surface area contributed by atoms with Gasteiger partial charge in [0.15, 0.2) is 5.82 Å². The van der Waals surface area contributed by atoms with E-state index in [4.69, 9.17) is 4.74 Å². The van der Waals surface area contributed by atoms with Crippen LogP contribution in [0.25, 0.3) is 33.5 Å². The average molecular weight is 697 g/mol. The summed E-state index contributed by atoms with van der Waals surface area (Å²) < 4.78 is 44.9. The van der Waals surface area contributed by atoms with Crippen molar-refractivity contribution in [3.8, 4) is 22.6 Å². The fraction of sp³-hybridized carbons (Fsp3) is 0.324. The molecule has 2 bridgehead atoms. The Morgan fingerprint density at radius 3 is 2.47 bits per heavy atom. The molecule has 3 aromatic carbocycles. The van der Waals surface area contributed by atoms with Gasteiger partial charge < -0.3 is 19.9 Å². The number of hydrogen-bond donors (Lipinski definition) is 2. The highest BCUT2D eigenvalue weighted by Gasteiger charge is 2.48. The van der Waals surface area contributed by atoms with Crippen molar-refractivity contribution in [1.82, 2.24) is 30.0 Å². The Hall–Kier alpha value is -5.34. The predicted octanol–water partition coefficient (Wildman–Crippen LogP) is 5.19. The molecule has 11 nitrogen and oxygen atoms in total. The van der Waals surface area contributed by atoms with Gasteiger partial charge in [-0.1, -0.05) is 0 Å². The molecule has 8 rings (SSSR count). The third-order valence-corrected chi connectivity index (χ3v) is 10.3. The first-order chi connectivity index (χ1) is 24.7. The smallest absolute Gasteiger partial charge is 0.345 e. The van der Waals surface area contributed by atoms with Crippen molar-refractivity contribution in [1.29, 1.82) is 0 Å². The van der Waals surface area contributed by atoms with Crippen LogP contribution in [0.4, 0.5) is 24.5 Å². The van der Waals surface area contributed by atoms with Crippen molar-refractivity contribution in [2.75, 3.05) is 49.5 Å². The molecule has 0 saturated carbocycles. The zero-order chi connectivity index (χ0) is 35.1. The molecule has 3 saturated heterocycles. The zero-order valence-electron chi connectivity index (χ0n) is 27.5. The lowest BCUT2D eigenvalue weighted by atomic mass is 9.86. The van der Waals surface area contributed by atoms with Crippen LogP contribution < -0.4 is 10.2 Å². The summed E-state index contributed by atoms with van der Waals surface area (Å²) in [4.78, 5) is 42.2. The van der Waals surface area contributed by atoms with E-state index in [-0.39, 0.29) is 43.3 Å². The number of aromatic nitrogens is 4. The minimum atomic E-state index is -3.04. The van der Waals surface area contributed by atoms with E-state index >= 15 is 0 Å². The third kappa shape index (κ3) is 6.52. The summed E-state index contributed by atoms with van der Waals surface area (Å²) in [6.45, 7) is -1.66. The Balaban J connectivity index is 0.914. The van der Waals surface area contributed by atoms with Crippen LogP contribution >= 0.6 is 0 Å². The van der Waals surface area contributed by atoms with Gasteiger partial charge in [-0.25, -0.2) is 14.4 Å². The number of halogens is 3. The summed E-state index contributed by atoms with van der Waals surface area (Å²) in [6, 6.07) is 21.3. The number of piperazine rings is 1. The van der Waals surface area contributed by atoms with Gasteiger partial charge in [-0.15, -0.1) is 0 Å². The average Bonchev–Trinajstić information content (AvgIpc) is 3.95. The molecule has 2 amide bonds. The number of nitrogens with zero attached hydrogens (tertiary/aromatic N) is 6. The minimum Gasteiger partial charge on any atom is -0.365 e. The largest absolute Gasteiger partial charge is 0.365 e. The normalized spacial score (nSPS) is 21.6. The molecule has 5 heterocycles. The van der Waals surface area contributed by atoms with Gasteiger partial charge in [0, 0.05) is 66.0 Å². The number of H-pyrrole nitrogens is 1. The molecule has 262 valence electrons. The summed E-state index contributed by atoms with van der Waals surface area (Å²) in [6.07, 6.45) is 4.55. The number of aromatic amines is 1. The van der Waals surface area contributed by atoms with Gasteiger partial charge in [-0.05, 0) is 92.2 Å². The fourth-order valence-electron chi connectivity index (χ4n) is 7.69. The first kappa shape index (κ1) is 32.8. The Morgan fingerprint density at radius 2 is 1.75 bits per heavy atom. The van der Waals surface area contributed by atoms with E-state index in [0.29, 0.717) is 46.8 Å². The van der Waals surface area contributed by atoms with E-state index < -0.39 is 24.5 Å². The number of nitrogens with one attached hydrogen (secondary N) is 2. The molecule has 3 aliphatic rings. The van der Waals surface area contributed by atoms with E-state index in [1.54, 1.807) is 48.8 Å². The molecule has 0 radical (unpaired) electrons. The van der Waals surface area contributed by atoms with Crippen LogP contribution in [-0.2, 0) is 14.3 Å². The van der Waals surface area contributed by atoms with Crippen LogP contribution in [-0.4, -0.2) is 99.8 Å². The number of amides is 2. The number of rotatable bonds is 10. The number of hydrogen-bond acceptors (Lipinski definition) is 8. The molecule has 3 atom stereocenters. The number of benzene rings is 3. The SMILES string of the molecule is O=C(CN1CCC(COC(F)F)(C(=O)Nc2ccc3[nH]nc(-c4ccc(F)cc4)c3c2)C1)N1C[C@H]2C[C@@H]1CN2c1ccc(-c2ncccn2)cc1. The van der Waals surface area contributed by atoms with Crippen LogP contribution in [0.2, 0.25) is 0 Å². The topological polar surface area (TPSA) is 120 Å². The van der Waals surface area contributed by atoms with Gasteiger partial charge in [-0.3, -0.25) is 19.6 Å². The lowest BCUT2D eigenvalue weighted by Gasteiger charge is -2.36. The molecule has 0 spiro atoms. The summed E-state index contributed by atoms with van der Waals surface area (Å²) in [5.41, 5.74) is 3.16. The number of likely N-dealkylation sites (tertiary alicyclic amines) is 2. The van der Waals surface area contributed by atoms with Crippen molar-refractivity contribution in [3.05, 3.63) is 91.0 Å². The van der Waals surface area contributed by atoms with Gasteiger partial charge in [0.05, 0.1) is 35.8 Å². The van der Waals surface area contributed by atoms with Crippen LogP contribution in [0.1, 0.15) is 12.8 Å². The van der Waals surface area contributed by atoms with E-state index in [9.17, 15) is 22.8 Å². The van der Waals surface area contributed by atoms with Gasteiger partial charge in [-0.2, -0.15) is 13.9 Å². The molecule has 51 heavy (non-hydrogen) atoms. The van der Waals surface area contributed by atoms with Crippen LogP contribution in [0.3, 0.4) is 0 Å². The zero-order valence-corrected chi connectivity index (χ0v) is 27.5. The van der Waals surface area contributed by atoms with E-state index in [2.05, 4.69) is 42.5 Å². The Bertz CT molecular complexity index is 2050. The van der Waals surface area contributed by atoms with Gasteiger partial charge in [0.25, 0.3) is 0 Å². The molecule has 1 unspecified atom stereocenters. The number of alkyl halides is 2. The van der Waals surface area contributed by atoms with Crippen molar-refractivity contribution in [2.45, 2.75) is 31.5 Å². The van der Waals surface area contributed by atoms with Gasteiger partial charge in [0.1, 0.15) is 5.82 Å². The lowest BCUT2D eigenvalue weighted by Crippen LogP contribution is -2.51. The van der Waals surface area contributed by atoms with Crippen LogP contribution in [0.5, 0.6) is 0 Å². The van der Waals surface area contributed by atoms with Gasteiger partial charge in [0.2, 0.25) is 11.8 Å². The maximum Gasteiger partial charge on any atom is 0.345 e. The highest BCUT2D eigenvalue weighted by atomic mass is 19.3. The van der Waals surface area contributed by atoms with Crippen molar-refractivity contribution < 1.29 is 27.5 Å². The number of anilines is 2. The summed E-state index contributed by atoms with van der Waals surface area (Å²) in [5.74, 6) is -0.207. The Morgan fingerprint density at radius 1 is 0.980 bits per heavy atom. The molecule has 5 aromatic rings. The Kier molecular flexibility index (Phi) is 8.64. The Labute approximate surface area is 291 Å². The maximum atomic E-state index is 13.8. The summed E-state index contributed by atoms with van der Waals surface area (Å²) in [5, 5.41) is 10.9. The lowest BCUT2D eigenvalue weighted by molar-refractivity contribution is -0.159. The number of ether oxygens (including phenoxy) is 1. The molecular formula is C37H35F3N8O3. The molecule has 0 aliphatic carbocycles. The van der Waals surface area contributed by atoms with Crippen LogP contribution in [0, 0.1) is 11.2 Å². The van der Waals surface area contributed by atoms with Crippen molar-refractivity contribution in [3.63, 3.8) is 0 Å².